The third-order valence-corrected chi connectivity index (χ3v) is 4.13. The molecule has 1 N–H and O–H groups in total. The number of thiophene rings is 1. The molecule has 0 aliphatic rings. The lowest BCUT2D eigenvalue weighted by Gasteiger charge is -2.17. The van der Waals surface area contributed by atoms with Crippen LogP contribution in [0.5, 0.6) is 0 Å². The van der Waals surface area contributed by atoms with E-state index in [1.165, 1.54) is 21.7 Å². The van der Waals surface area contributed by atoms with E-state index in [1.807, 2.05) is 24.6 Å². The summed E-state index contributed by atoms with van der Waals surface area (Å²) in [5, 5.41) is 5.52. The Kier molecular flexibility index (Phi) is 4.50. The van der Waals surface area contributed by atoms with Crippen LogP contribution in [0.1, 0.15) is 34.2 Å². The summed E-state index contributed by atoms with van der Waals surface area (Å²) in [4.78, 5) is 6.03. The summed E-state index contributed by atoms with van der Waals surface area (Å²) < 4.78 is 0. The number of aryl methyl sites for hydroxylation is 3. The first kappa shape index (κ1) is 13.2. The summed E-state index contributed by atoms with van der Waals surface area (Å²) in [5.41, 5.74) is 3.68. The maximum Gasteiger partial charge on any atom is 0.0602 e. The number of hydrogen-bond donors (Lipinski definition) is 1. The first-order valence-electron chi connectivity index (χ1n) is 6.33. The van der Waals surface area contributed by atoms with E-state index < -0.39 is 0 Å². The second kappa shape index (κ2) is 6.12. The van der Waals surface area contributed by atoms with E-state index >= 15 is 0 Å². The zero-order valence-corrected chi connectivity index (χ0v) is 12.1. The van der Waals surface area contributed by atoms with E-state index in [2.05, 4.69) is 47.7 Å². The van der Waals surface area contributed by atoms with E-state index in [9.17, 15) is 0 Å². The second-order valence-corrected chi connectivity index (χ2v) is 5.71. The smallest absolute Gasteiger partial charge is 0.0602 e. The van der Waals surface area contributed by atoms with Gasteiger partial charge in [-0.2, -0.15) is 0 Å². The van der Waals surface area contributed by atoms with Gasteiger partial charge in [-0.3, -0.25) is 4.98 Å². The summed E-state index contributed by atoms with van der Waals surface area (Å²) in [7, 11) is 2.01. The van der Waals surface area contributed by atoms with Crippen molar-refractivity contribution in [3.05, 3.63) is 51.5 Å². The first-order valence-corrected chi connectivity index (χ1v) is 7.21. The Hall–Kier alpha value is -1.19. The van der Waals surface area contributed by atoms with Crippen LogP contribution in [0.2, 0.25) is 0 Å². The Morgan fingerprint density at radius 1 is 1.39 bits per heavy atom. The molecule has 0 aromatic carbocycles. The molecule has 0 saturated heterocycles. The maximum absolute atomic E-state index is 4.59. The van der Waals surface area contributed by atoms with Crippen molar-refractivity contribution < 1.29 is 0 Å². The van der Waals surface area contributed by atoms with Gasteiger partial charge in [-0.1, -0.05) is 12.1 Å². The molecule has 96 valence electrons. The number of rotatable bonds is 5. The van der Waals surface area contributed by atoms with Crippen LogP contribution in [0.4, 0.5) is 0 Å². The predicted octanol–water partition coefficient (Wildman–Crippen LogP) is 3.65. The van der Waals surface area contributed by atoms with Crippen molar-refractivity contribution in [2.45, 2.75) is 32.7 Å². The molecule has 0 radical (unpaired) electrons. The van der Waals surface area contributed by atoms with E-state index in [1.54, 1.807) is 0 Å². The van der Waals surface area contributed by atoms with Crippen molar-refractivity contribution in [2.75, 3.05) is 7.05 Å². The number of nitrogens with one attached hydrogen (secondary N) is 1. The Bertz CT molecular complexity index is 491. The van der Waals surface area contributed by atoms with E-state index in [0.29, 0.717) is 6.04 Å². The molecule has 2 aromatic rings. The molecule has 0 aliphatic carbocycles. The highest BCUT2D eigenvalue weighted by Gasteiger charge is 2.13. The van der Waals surface area contributed by atoms with Crippen LogP contribution in [-0.4, -0.2) is 12.0 Å². The molecule has 2 heterocycles. The Morgan fingerprint density at radius 3 is 2.83 bits per heavy atom. The predicted molar refractivity (Wildman–Crippen MR) is 78.2 cm³/mol. The maximum atomic E-state index is 4.59. The lowest BCUT2D eigenvalue weighted by molar-refractivity contribution is 0.534. The SMILES string of the molecule is CNC(CCc1cccs1)c1ncc(C)cc1C. The zero-order valence-electron chi connectivity index (χ0n) is 11.2. The highest BCUT2D eigenvalue weighted by molar-refractivity contribution is 7.09. The van der Waals surface area contributed by atoms with Crippen LogP contribution in [0.15, 0.2) is 29.8 Å². The van der Waals surface area contributed by atoms with E-state index in [-0.39, 0.29) is 0 Å². The number of pyridine rings is 1. The molecule has 0 saturated carbocycles. The standard InChI is InChI=1S/C15H20N2S/c1-11-9-12(2)15(17-10-11)14(16-3)7-6-13-5-4-8-18-13/h4-5,8-10,14,16H,6-7H2,1-3H3. The van der Waals surface area contributed by atoms with Gasteiger partial charge in [0.05, 0.1) is 5.69 Å². The largest absolute Gasteiger partial charge is 0.312 e. The van der Waals surface area contributed by atoms with Gasteiger partial charge in [-0.05, 0) is 56.3 Å². The van der Waals surface area contributed by atoms with Gasteiger partial charge in [0.1, 0.15) is 0 Å². The van der Waals surface area contributed by atoms with Crippen molar-refractivity contribution in [3.63, 3.8) is 0 Å². The van der Waals surface area contributed by atoms with Gasteiger partial charge >= 0.3 is 0 Å². The molecule has 1 unspecified atom stereocenters. The van der Waals surface area contributed by atoms with E-state index in [4.69, 9.17) is 0 Å². The molecule has 18 heavy (non-hydrogen) atoms. The monoisotopic (exact) mass is 260 g/mol. The molecule has 0 spiro atoms. The molecule has 1 atom stereocenters. The lowest BCUT2D eigenvalue weighted by atomic mass is 10.0. The third kappa shape index (κ3) is 3.18. The minimum Gasteiger partial charge on any atom is -0.312 e. The molecule has 0 aliphatic heterocycles. The summed E-state index contributed by atoms with van der Waals surface area (Å²) in [6.45, 7) is 4.23. The summed E-state index contributed by atoms with van der Waals surface area (Å²) >= 11 is 1.83. The third-order valence-electron chi connectivity index (χ3n) is 3.19. The molecule has 2 nitrogen and oxygen atoms in total. The van der Waals surface area contributed by atoms with E-state index in [0.717, 1.165) is 12.8 Å². The molecule has 0 bridgehead atoms. The molecule has 3 heteroatoms. The van der Waals surface area contributed by atoms with Crippen molar-refractivity contribution in [2.24, 2.45) is 0 Å². The molecule has 0 amide bonds. The highest BCUT2D eigenvalue weighted by Crippen LogP contribution is 2.22. The highest BCUT2D eigenvalue weighted by atomic mass is 32.1. The van der Waals surface area contributed by atoms with Crippen molar-refractivity contribution in [3.8, 4) is 0 Å². The zero-order chi connectivity index (χ0) is 13.0. The van der Waals surface area contributed by atoms with Gasteiger partial charge in [0.2, 0.25) is 0 Å². The topological polar surface area (TPSA) is 24.9 Å². The van der Waals surface area contributed by atoms with Crippen LogP contribution in [0, 0.1) is 13.8 Å². The Labute approximate surface area is 113 Å². The minimum absolute atomic E-state index is 0.340. The molecule has 2 aromatic heterocycles. The molecular weight excluding hydrogens is 240 g/mol. The van der Waals surface area contributed by atoms with Crippen molar-refractivity contribution in [1.29, 1.82) is 0 Å². The van der Waals surface area contributed by atoms with Gasteiger partial charge in [-0.15, -0.1) is 11.3 Å². The summed E-state index contributed by atoms with van der Waals surface area (Å²) in [6.07, 6.45) is 4.16. The quantitative estimate of drug-likeness (QED) is 0.887. The second-order valence-electron chi connectivity index (χ2n) is 4.67. The van der Waals surface area contributed by atoms with Gasteiger partial charge in [0.25, 0.3) is 0 Å². The number of hydrogen-bond acceptors (Lipinski definition) is 3. The van der Waals surface area contributed by atoms with Gasteiger partial charge in [-0.25, -0.2) is 0 Å². The van der Waals surface area contributed by atoms with Crippen LogP contribution in [-0.2, 0) is 6.42 Å². The summed E-state index contributed by atoms with van der Waals surface area (Å²) in [6, 6.07) is 6.86. The minimum atomic E-state index is 0.340. The fourth-order valence-electron chi connectivity index (χ4n) is 2.25. The average molecular weight is 260 g/mol. The van der Waals surface area contributed by atoms with Crippen LogP contribution < -0.4 is 5.32 Å². The number of nitrogens with zero attached hydrogens (tertiary/aromatic N) is 1. The van der Waals surface area contributed by atoms with Gasteiger partial charge in [0, 0.05) is 17.1 Å². The Balaban J connectivity index is 2.08. The van der Waals surface area contributed by atoms with Crippen molar-refractivity contribution >= 4 is 11.3 Å². The molecule has 2 rings (SSSR count). The van der Waals surface area contributed by atoms with Crippen LogP contribution in [0.25, 0.3) is 0 Å². The average Bonchev–Trinajstić information content (AvgIpc) is 2.85. The fraction of sp³-hybridized carbons (Fsp3) is 0.400. The van der Waals surface area contributed by atoms with Gasteiger partial charge < -0.3 is 5.32 Å². The normalized spacial score (nSPS) is 12.6. The van der Waals surface area contributed by atoms with Crippen LogP contribution >= 0.6 is 11.3 Å². The lowest BCUT2D eigenvalue weighted by Crippen LogP contribution is -2.19. The van der Waals surface area contributed by atoms with Gasteiger partial charge in [0.15, 0.2) is 0 Å². The Morgan fingerprint density at radius 2 is 2.22 bits per heavy atom. The molecular formula is C15H20N2S. The first-order chi connectivity index (χ1) is 8.70. The number of aromatic nitrogens is 1. The fourth-order valence-corrected chi connectivity index (χ4v) is 2.97. The molecule has 0 fully saturated rings. The van der Waals surface area contributed by atoms with Crippen molar-refractivity contribution in [1.82, 2.24) is 10.3 Å². The van der Waals surface area contributed by atoms with Crippen LogP contribution in [0.3, 0.4) is 0 Å². The summed E-state index contributed by atoms with van der Waals surface area (Å²) in [5.74, 6) is 0.